The van der Waals surface area contributed by atoms with Gasteiger partial charge in [0.1, 0.15) is 5.82 Å². The third-order valence-electron chi connectivity index (χ3n) is 3.55. The highest BCUT2D eigenvalue weighted by Crippen LogP contribution is 2.26. The number of aryl methyl sites for hydroxylation is 1. The summed E-state index contributed by atoms with van der Waals surface area (Å²) >= 11 is 12.1. The molecule has 1 amide bonds. The van der Waals surface area contributed by atoms with Gasteiger partial charge in [0.25, 0.3) is 0 Å². The van der Waals surface area contributed by atoms with E-state index in [4.69, 9.17) is 23.2 Å². The van der Waals surface area contributed by atoms with Gasteiger partial charge in [-0.1, -0.05) is 41.4 Å². The molecule has 2 N–H and O–H groups in total. The fourth-order valence-corrected chi connectivity index (χ4v) is 2.65. The molecule has 0 aliphatic carbocycles. The van der Waals surface area contributed by atoms with E-state index < -0.39 is 0 Å². The van der Waals surface area contributed by atoms with E-state index >= 15 is 0 Å². The zero-order chi connectivity index (χ0) is 17.2. The highest BCUT2D eigenvalue weighted by atomic mass is 35.5. The van der Waals surface area contributed by atoms with Gasteiger partial charge in [-0.25, -0.2) is 4.98 Å². The zero-order valence-corrected chi connectivity index (χ0v) is 14.9. The Kier molecular flexibility index (Phi) is 7.86. The van der Waals surface area contributed by atoms with E-state index in [2.05, 4.69) is 15.6 Å². The van der Waals surface area contributed by atoms with Crippen molar-refractivity contribution in [3.63, 3.8) is 0 Å². The van der Waals surface area contributed by atoms with Crippen LogP contribution in [0, 0.1) is 0 Å². The number of unbranched alkanes of at least 4 members (excludes halogenated alkanes) is 1. The van der Waals surface area contributed by atoms with Crippen LogP contribution >= 0.6 is 23.2 Å². The molecule has 1 aromatic heterocycles. The molecule has 2 aromatic rings. The Bertz CT molecular complexity index is 650. The summed E-state index contributed by atoms with van der Waals surface area (Å²) in [5.74, 6) is 0.906. The summed E-state index contributed by atoms with van der Waals surface area (Å²) in [7, 11) is 0. The number of nitrogens with zero attached hydrogens (tertiary/aromatic N) is 1. The summed E-state index contributed by atoms with van der Waals surface area (Å²) < 4.78 is 0. The van der Waals surface area contributed by atoms with Crippen molar-refractivity contribution in [3.8, 4) is 0 Å². The smallest absolute Gasteiger partial charge is 0.220 e. The molecule has 0 bridgehead atoms. The first-order valence-corrected chi connectivity index (χ1v) is 8.77. The number of amides is 1. The normalized spacial score (nSPS) is 10.4. The third kappa shape index (κ3) is 6.38. The number of rotatable bonds is 9. The number of carbonyl (C=O) groups excluding carboxylic acids is 1. The number of halogens is 2. The third-order valence-corrected chi connectivity index (χ3v) is 4.41. The van der Waals surface area contributed by atoms with Crippen LogP contribution < -0.4 is 10.6 Å². The molecule has 0 unspecified atom stereocenters. The SMILES string of the molecule is O=C(CCc1cccc(Cl)c1Cl)NCCCCNc1ccccn1. The Morgan fingerprint density at radius 2 is 1.88 bits per heavy atom. The first-order valence-electron chi connectivity index (χ1n) is 8.01. The summed E-state index contributed by atoms with van der Waals surface area (Å²) in [6.07, 6.45) is 4.65. The van der Waals surface area contributed by atoms with Crippen molar-refractivity contribution >= 4 is 34.9 Å². The van der Waals surface area contributed by atoms with Crippen molar-refractivity contribution in [2.24, 2.45) is 0 Å². The van der Waals surface area contributed by atoms with E-state index in [1.165, 1.54) is 0 Å². The predicted octanol–water partition coefficient (Wildman–Crippen LogP) is 4.33. The van der Waals surface area contributed by atoms with Gasteiger partial charge in [-0.05, 0) is 43.0 Å². The minimum absolute atomic E-state index is 0.0312. The number of anilines is 1. The highest BCUT2D eigenvalue weighted by molar-refractivity contribution is 6.42. The molecule has 0 saturated heterocycles. The lowest BCUT2D eigenvalue weighted by Gasteiger charge is -2.08. The van der Waals surface area contributed by atoms with Gasteiger partial charge in [0.05, 0.1) is 10.0 Å². The Balaban J connectivity index is 1.56. The summed E-state index contributed by atoms with van der Waals surface area (Å²) in [4.78, 5) is 16.0. The minimum atomic E-state index is 0.0312. The van der Waals surface area contributed by atoms with Gasteiger partial charge >= 0.3 is 0 Å². The molecule has 2 rings (SSSR count). The van der Waals surface area contributed by atoms with Crippen LogP contribution in [0.25, 0.3) is 0 Å². The number of aromatic nitrogens is 1. The summed E-state index contributed by atoms with van der Waals surface area (Å²) in [5, 5.41) is 7.23. The van der Waals surface area contributed by atoms with Crippen LogP contribution in [0.15, 0.2) is 42.6 Å². The van der Waals surface area contributed by atoms with Crippen molar-refractivity contribution in [2.45, 2.75) is 25.7 Å². The average molecular weight is 366 g/mol. The van der Waals surface area contributed by atoms with Crippen molar-refractivity contribution < 1.29 is 4.79 Å². The van der Waals surface area contributed by atoms with Crippen molar-refractivity contribution in [2.75, 3.05) is 18.4 Å². The molecule has 0 fully saturated rings. The van der Waals surface area contributed by atoms with Gasteiger partial charge in [-0.15, -0.1) is 0 Å². The maximum atomic E-state index is 11.9. The lowest BCUT2D eigenvalue weighted by atomic mass is 10.1. The first-order chi connectivity index (χ1) is 11.7. The number of hydrogen-bond acceptors (Lipinski definition) is 3. The Labute approximate surface area is 152 Å². The van der Waals surface area contributed by atoms with E-state index in [1.807, 2.05) is 30.3 Å². The fourth-order valence-electron chi connectivity index (χ4n) is 2.24. The molecule has 0 saturated carbocycles. The molecule has 0 spiro atoms. The Morgan fingerprint density at radius 3 is 2.67 bits per heavy atom. The molecule has 0 radical (unpaired) electrons. The molecular formula is C18H21Cl2N3O. The number of benzene rings is 1. The van der Waals surface area contributed by atoms with Crippen LogP contribution in [0.3, 0.4) is 0 Å². The average Bonchev–Trinajstić information content (AvgIpc) is 2.60. The Hall–Kier alpha value is -1.78. The number of hydrogen-bond donors (Lipinski definition) is 2. The molecule has 24 heavy (non-hydrogen) atoms. The van der Waals surface area contributed by atoms with Crippen LogP contribution in [0.2, 0.25) is 10.0 Å². The molecule has 0 atom stereocenters. The van der Waals surface area contributed by atoms with Gasteiger partial charge in [0.2, 0.25) is 5.91 Å². The van der Waals surface area contributed by atoms with Gasteiger partial charge in [0, 0.05) is 25.7 Å². The first kappa shape index (κ1) is 18.6. The lowest BCUT2D eigenvalue weighted by Crippen LogP contribution is -2.25. The van der Waals surface area contributed by atoms with Gasteiger partial charge < -0.3 is 10.6 Å². The van der Waals surface area contributed by atoms with Gasteiger partial charge in [-0.3, -0.25) is 4.79 Å². The molecule has 0 aliphatic heterocycles. The van der Waals surface area contributed by atoms with Crippen molar-refractivity contribution in [3.05, 3.63) is 58.2 Å². The second kappa shape index (κ2) is 10.2. The number of nitrogens with one attached hydrogen (secondary N) is 2. The number of carbonyl (C=O) groups is 1. The summed E-state index contributed by atoms with van der Waals surface area (Å²) in [5.41, 5.74) is 0.902. The standard InChI is InChI=1S/C18H21Cl2N3O/c19-15-7-5-6-14(18(15)20)9-10-17(24)23-13-4-3-12-22-16-8-1-2-11-21-16/h1-2,5-8,11H,3-4,9-10,12-13H2,(H,21,22)(H,23,24). The van der Waals surface area contributed by atoms with E-state index in [1.54, 1.807) is 12.3 Å². The van der Waals surface area contributed by atoms with Gasteiger partial charge in [-0.2, -0.15) is 0 Å². The number of pyridine rings is 1. The van der Waals surface area contributed by atoms with Gasteiger partial charge in [0.15, 0.2) is 0 Å². The predicted molar refractivity (Wildman–Crippen MR) is 99.8 cm³/mol. The van der Waals surface area contributed by atoms with Crippen LogP contribution in [0.4, 0.5) is 5.82 Å². The highest BCUT2D eigenvalue weighted by Gasteiger charge is 2.07. The summed E-state index contributed by atoms with van der Waals surface area (Å²) in [6.45, 7) is 1.51. The van der Waals surface area contributed by atoms with E-state index in [-0.39, 0.29) is 5.91 Å². The molecule has 1 heterocycles. The second-order valence-electron chi connectivity index (χ2n) is 5.41. The largest absolute Gasteiger partial charge is 0.370 e. The topological polar surface area (TPSA) is 54.0 Å². The second-order valence-corrected chi connectivity index (χ2v) is 6.20. The van der Waals surface area contributed by atoms with Crippen LogP contribution in [0.1, 0.15) is 24.8 Å². The minimum Gasteiger partial charge on any atom is -0.370 e. The molecule has 0 aliphatic rings. The molecule has 6 heteroatoms. The molecule has 1 aromatic carbocycles. The quantitative estimate of drug-likeness (QED) is 0.650. The van der Waals surface area contributed by atoms with Crippen LogP contribution in [0.5, 0.6) is 0 Å². The lowest BCUT2D eigenvalue weighted by molar-refractivity contribution is -0.121. The van der Waals surface area contributed by atoms with Crippen molar-refractivity contribution in [1.29, 1.82) is 0 Å². The van der Waals surface area contributed by atoms with Crippen LogP contribution in [-0.4, -0.2) is 24.0 Å². The maximum absolute atomic E-state index is 11.9. The van der Waals surface area contributed by atoms with E-state index in [0.29, 0.717) is 29.4 Å². The molecule has 128 valence electrons. The zero-order valence-electron chi connectivity index (χ0n) is 13.4. The fraction of sp³-hybridized carbons (Fsp3) is 0.333. The van der Waals surface area contributed by atoms with Crippen molar-refractivity contribution in [1.82, 2.24) is 10.3 Å². The summed E-state index contributed by atoms with van der Waals surface area (Å²) in [6, 6.07) is 11.2. The van der Waals surface area contributed by atoms with E-state index in [9.17, 15) is 4.79 Å². The van der Waals surface area contributed by atoms with Crippen LogP contribution in [-0.2, 0) is 11.2 Å². The maximum Gasteiger partial charge on any atom is 0.220 e. The Morgan fingerprint density at radius 1 is 1.04 bits per heavy atom. The molecule has 4 nitrogen and oxygen atoms in total. The molecular weight excluding hydrogens is 345 g/mol. The van der Waals surface area contributed by atoms with E-state index in [0.717, 1.165) is 30.8 Å². The monoisotopic (exact) mass is 365 g/mol.